The van der Waals surface area contributed by atoms with Gasteiger partial charge in [-0.2, -0.15) is 0 Å². The van der Waals surface area contributed by atoms with Gasteiger partial charge in [0.2, 0.25) is 0 Å². The highest BCUT2D eigenvalue weighted by Crippen LogP contribution is 2.28. The van der Waals surface area contributed by atoms with Gasteiger partial charge in [0.15, 0.2) is 5.82 Å². The van der Waals surface area contributed by atoms with Crippen LogP contribution in [0.25, 0.3) is 10.2 Å². The van der Waals surface area contributed by atoms with E-state index in [0.29, 0.717) is 13.2 Å². The second kappa shape index (κ2) is 5.85. The third kappa shape index (κ3) is 2.71. The largest absolute Gasteiger partial charge is 0.492 e. The minimum Gasteiger partial charge on any atom is -0.492 e. The highest BCUT2D eigenvalue weighted by atomic mass is 32.1. The van der Waals surface area contributed by atoms with E-state index in [2.05, 4.69) is 15.3 Å². The summed E-state index contributed by atoms with van der Waals surface area (Å²) in [6.07, 6.45) is 1.56. The molecular formula is C14H14N4OS. The van der Waals surface area contributed by atoms with E-state index in [-0.39, 0.29) is 0 Å². The van der Waals surface area contributed by atoms with Gasteiger partial charge in [-0.25, -0.2) is 9.97 Å². The molecular weight excluding hydrogens is 272 g/mol. The standard InChI is InChI=1S/C14H14N4OS/c15-5-6-19-11-3-1-2-10(8-11)18-14-13-12(4-7-20-13)16-9-17-14/h1-4,7-9H,5-6,15H2,(H,16,17,18). The van der Waals surface area contributed by atoms with Crippen molar-refractivity contribution in [1.29, 1.82) is 0 Å². The number of hydrogen-bond donors (Lipinski definition) is 2. The lowest BCUT2D eigenvalue weighted by molar-refractivity contribution is 0.328. The summed E-state index contributed by atoms with van der Waals surface area (Å²) in [7, 11) is 0. The second-order valence-corrected chi connectivity index (χ2v) is 5.06. The van der Waals surface area contributed by atoms with E-state index in [9.17, 15) is 0 Å². The monoisotopic (exact) mass is 286 g/mol. The maximum atomic E-state index is 5.51. The molecule has 0 atom stereocenters. The number of nitrogens with two attached hydrogens (primary N) is 1. The first-order valence-electron chi connectivity index (χ1n) is 6.25. The Balaban J connectivity index is 1.85. The Bertz CT molecular complexity index is 713. The van der Waals surface area contributed by atoms with Crippen LogP contribution in [0.5, 0.6) is 5.75 Å². The van der Waals surface area contributed by atoms with Crippen molar-refractivity contribution < 1.29 is 4.74 Å². The molecule has 3 aromatic rings. The van der Waals surface area contributed by atoms with Crippen LogP contribution in [-0.4, -0.2) is 23.1 Å². The predicted molar refractivity (Wildman–Crippen MR) is 81.7 cm³/mol. The number of fused-ring (bicyclic) bond motifs is 1. The Morgan fingerprint density at radius 2 is 2.20 bits per heavy atom. The van der Waals surface area contributed by atoms with Crippen LogP contribution in [0.1, 0.15) is 0 Å². The Hall–Kier alpha value is -2.18. The van der Waals surface area contributed by atoms with Gasteiger partial charge in [-0.05, 0) is 23.6 Å². The molecule has 0 radical (unpaired) electrons. The summed E-state index contributed by atoms with van der Waals surface area (Å²) in [5.41, 5.74) is 7.30. The van der Waals surface area contributed by atoms with Crippen molar-refractivity contribution in [2.24, 2.45) is 5.73 Å². The molecule has 0 amide bonds. The Labute approximate surface area is 120 Å². The number of nitrogens with one attached hydrogen (secondary N) is 1. The first-order chi connectivity index (χ1) is 9.86. The van der Waals surface area contributed by atoms with Crippen LogP contribution in [0, 0.1) is 0 Å². The lowest BCUT2D eigenvalue weighted by atomic mass is 10.3. The summed E-state index contributed by atoms with van der Waals surface area (Å²) in [5.74, 6) is 1.60. The van der Waals surface area contributed by atoms with E-state index in [1.54, 1.807) is 17.7 Å². The molecule has 6 heteroatoms. The number of rotatable bonds is 5. The van der Waals surface area contributed by atoms with Crippen molar-refractivity contribution in [2.75, 3.05) is 18.5 Å². The van der Waals surface area contributed by atoms with Gasteiger partial charge in [-0.1, -0.05) is 6.07 Å². The number of ether oxygens (including phenoxy) is 1. The summed E-state index contributed by atoms with van der Waals surface area (Å²) >= 11 is 1.62. The third-order valence-electron chi connectivity index (χ3n) is 2.73. The minimum atomic E-state index is 0.499. The second-order valence-electron chi connectivity index (χ2n) is 4.15. The fourth-order valence-electron chi connectivity index (χ4n) is 1.85. The van der Waals surface area contributed by atoms with Crippen LogP contribution in [0.15, 0.2) is 42.0 Å². The van der Waals surface area contributed by atoms with Crippen molar-refractivity contribution in [3.63, 3.8) is 0 Å². The van der Waals surface area contributed by atoms with Gasteiger partial charge >= 0.3 is 0 Å². The summed E-state index contributed by atoms with van der Waals surface area (Å²) in [6, 6.07) is 9.71. The van der Waals surface area contributed by atoms with E-state index in [1.807, 2.05) is 35.7 Å². The Kier molecular flexibility index (Phi) is 3.76. The van der Waals surface area contributed by atoms with Crippen LogP contribution in [0.2, 0.25) is 0 Å². The number of thiophene rings is 1. The fraction of sp³-hybridized carbons (Fsp3) is 0.143. The minimum absolute atomic E-state index is 0.499. The lowest BCUT2D eigenvalue weighted by Crippen LogP contribution is -2.10. The van der Waals surface area contributed by atoms with Gasteiger partial charge in [0, 0.05) is 18.3 Å². The molecule has 0 saturated heterocycles. The quantitative estimate of drug-likeness (QED) is 0.754. The zero-order chi connectivity index (χ0) is 13.8. The third-order valence-corrected chi connectivity index (χ3v) is 3.64. The molecule has 0 aliphatic heterocycles. The molecule has 3 rings (SSSR count). The molecule has 0 bridgehead atoms. The molecule has 0 aliphatic rings. The normalized spacial score (nSPS) is 10.7. The predicted octanol–water partition coefficient (Wildman–Crippen LogP) is 2.77. The van der Waals surface area contributed by atoms with Crippen molar-refractivity contribution in [3.8, 4) is 5.75 Å². The van der Waals surface area contributed by atoms with E-state index >= 15 is 0 Å². The molecule has 1 aromatic carbocycles. The zero-order valence-corrected chi connectivity index (χ0v) is 11.6. The highest BCUT2D eigenvalue weighted by Gasteiger charge is 2.05. The van der Waals surface area contributed by atoms with Crippen molar-refractivity contribution >= 4 is 33.1 Å². The number of benzene rings is 1. The average Bonchev–Trinajstić information content (AvgIpc) is 2.95. The van der Waals surface area contributed by atoms with Crippen LogP contribution < -0.4 is 15.8 Å². The average molecular weight is 286 g/mol. The lowest BCUT2D eigenvalue weighted by Gasteiger charge is -2.09. The first kappa shape index (κ1) is 12.8. The van der Waals surface area contributed by atoms with Gasteiger partial charge in [0.25, 0.3) is 0 Å². The Morgan fingerprint density at radius 3 is 3.10 bits per heavy atom. The molecule has 0 saturated carbocycles. The Morgan fingerprint density at radius 1 is 1.25 bits per heavy atom. The summed E-state index contributed by atoms with van der Waals surface area (Å²) in [4.78, 5) is 8.52. The van der Waals surface area contributed by atoms with E-state index in [4.69, 9.17) is 10.5 Å². The van der Waals surface area contributed by atoms with E-state index in [0.717, 1.165) is 27.5 Å². The summed E-state index contributed by atoms with van der Waals surface area (Å²) in [6.45, 7) is 1.01. The molecule has 3 N–H and O–H groups in total. The molecule has 0 spiro atoms. The SMILES string of the molecule is NCCOc1cccc(Nc2ncnc3ccsc23)c1. The van der Waals surface area contributed by atoms with Gasteiger partial charge in [0.1, 0.15) is 18.7 Å². The molecule has 2 aromatic heterocycles. The number of nitrogens with zero attached hydrogens (tertiary/aromatic N) is 2. The number of anilines is 2. The van der Waals surface area contributed by atoms with E-state index < -0.39 is 0 Å². The van der Waals surface area contributed by atoms with Crippen LogP contribution in [0.4, 0.5) is 11.5 Å². The zero-order valence-electron chi connectivity index (χ0n) is 10.7. The maximum Gasteiger partial charge on any atom is 0.151 e. The number of aromatic nitrogens is 2. The van der Waals surface area contributed by atoms with Crippen LogP contribution in [0.3, 0.4) is 0 Å². The molecule has 5 nitrogen and oxygen atoms in total. The maximum absolute atomic E-state index is 5.51. The molecule has 102 valence electrons. The molecule has 0 fully saturated rings. The topological polar surface area (TPSA) is 73.1 Å². The molecule has 20 heavy (non-hydrogen) atoms. The first-order valence-corrected chi connectivity index (χ1v) is 7.13. The van der Waals surface area contributed by atoms with Gasteiger partial charge in [0.05, 0.1) is 10.2 Å². The van der Waals surface area contributed by atoms with Crippen molar-refractivity contribution in [2.45, 2.75) is 0 Å². The number of hydrogen-bond acceptors (Lipinski definition) is 6. The van der Waals surface area contributed by atoms with Gasteiger partial charge in [-0.15, -0.1) is 11.3 Å². The highest BCUT2D eigenvalue weighted by molar-refractivity contribution is 7.17. The molecule has 0 unspecified atom stereocenters. The fourth-order valence-corrected chi connectivity index (χ4v) is 2.64. The summed E-state index contributed by atoms with van der Waals surface area (Å²) in [5, 5.41) is 5.30. The van der Waals surface area contributed by atoms with E-state index in [1.165, 1.54) is 0 Å². The van der Waals surface area contributed by atoms with Crippen LogP contribution in [-0.2, 0) is 0 Å². The van der Waals surface area contributed by atoms with Gasteiger partial charge < -0.3 is 15.8 Å². The smallest absolute Gasteiger partial charge is 0.151 e. The molecule has 2 heterocycles. The van der Waals surface area contributed by atoms with Crippen LogP contribution >= 0.6 is 11.3 Å². The van der Waals surface area contributed by atoms with Crippen molar-refractivity contribution in [3.05, 3.63) is 42.0 Å². The summed E-state index contributed by atoms with van der Waals surface area (Å²) < 4.78 is 6.55. The molecule has 0 aliphatic carbocycles. The van der Waals surface area contributed by atoms with Crippen molar-refractivity contribution in [1.82, 2.24) is 9.97 Å². The van der Waals surface area contributed by atoms with Gasteiger partial charge in [-0.3, -0.25) is 0 Å².